The zero-order valence-corrected chi connectivity index (χ0v) is 15.4. The maximum atomic E-state index is 12.5. The number of amides is 2. The Morgan fingerprint density at radius 1 is 1.20 bits per heavy atom. The summed E-state index contributed by atoms with van der Waals surface area (Å²) in [5.41, 5.74) is 0.669. The molecule has 0 radical (unpaired) electrons. The first-order chi connectivity index (χ1) is 11.8. The van der Waals surface area contributed by atoms with Gasteiger partial charge in [-0.15, -0.1) is 0 Å². The van der Waals surface area contributed by atoms with Crippen molar-refractivity contribution in [3.63, 3.8) is 0 Å². The maximum Gasteiger partial charge on any atom is 0.243 e. The Bertz CT molecular complexity index is 751. The third-order valence-corrected chi connectivity index (χ3v) is 3.92. The SMILES string of the molecule is CCOc1cccc2cc([C@@H](C)NC(=O)[C@@H](NC(C)=O)C(C)C)oc12. The number of ether oxygens (including phenoxy) is 1. The highest BCUT2D eigenvalue weighted by Crippen LogP contribution is 2.31. The summed E-state index contributed by atoms with van der Waals surface area (Å²) in [6.45, 7) is 9.50. The van der Waals surface area contributed by atoms with Gasteiger partial charge in [0.05, 0.1) is 12.6 Å². The Balaban J connectivity index is 2.18. The number of para-hydroxylation sites is 1. The van der Waals surface area contributed by atoms with Gasteiger partial charge in [-0.25, -0.2) is 0 Å². The molecule has 2 rings (SSSR count). The first-order valence-corrected chi connectivity index (χ1v) is 8.56. The van der Waals surface area contributed by atoms with E-state index in [1.54, 1.807) is 0 Å². The predicted octanol–water partition coefficient (Wildman–Crippen LogP) is 3.17. The minimum atomic E-state index is -0.580. The smallest absolute Gasteiger partial charge is 0.243 e. The monoisotopic (exact) mass is 346 g/mol. The quantitative estimate of drug-likeness (QED) is 0.807. The van der Waals surface area contributed by atoms with Gasteiger partial charge in [-0.2, -0.15) is 0 Å². The molecule has 0 bridgehead atoms. The van der Waals surface area contributed by atoms with Gasteiger partial charge in [0.1, 0.15) is 11.8 Å². The Hall–Kier alpha value is -2.50. The van der Waals surface area contributed by atoms with Crippen LogP contribution in [0.25, 0.3) is 11.0 Å². The topological polar surface area (TPSA) is 80.6 Å². The number of furan rings is 1. The average Bonchev–Trinajstić information content (AvgIpc) is 2.97. The average molecular weight is 346 g/mol. The molecule has 0 unspecified atom stereocenters. The van der Waals surface area contributed by atoms with Crippen LogP contribution >= 0.6 is 0 Å². The van der Waals surface area contributed by atoms with E-state index in [1.165, 1.54) is 6.92 Å². The van der Waals surface area contributed by atoms with Gasteiger partial charge in [0.2, 0.25) is 11.8 Å². The lowest BCUT2D eigenvalue weighted by Gasteiger charge is -2.22. The molecular formula is C19H26N2O4. The summed E-state index contributed by atoms with van der Waals surface area (Å²) in [5.74, 6) is 0.843. The molecule has 0 fully saturated rings. The van der Waals surface area contributed by atoms with E-state index >= 15 is 0 Å². The van der Waals surface area contributed by atoms with E-state index in [0.29, 0.717) is 23.7 Å². The first kappa shape index (κ1) is 18.8. The highest BCUT2D eigenvalue weighted by Gasteiger charge is 2.25. The normalized spacial score (nSPS) is 13.5. The molecule has 2 amide bonds. The number of hydrogen-bond acceptors (Lipinski definition) is 4. The second kappa shape index (κ2) is 8.05. The standard InChI is InChI=1S/C19H26N2O4/c1-6-24-15-9-7-8-14-10-16(25-18(14)15)12(4)20-19(23)17(11(2)3)21-13(5)22/h7-12,17H,6H2,1-5H3,(H,20,23)(H,21,22)/t12-,17+/m1/s1. The molecule has 25 heavy (non-hydrogen) atoms. The van der Waals surface area contributed by atoms with E-state index in [0.717, 1.165) is 5.39 Å². The van der Waals surface area contributed by atoms with Crippen molar-refractivity contribution < 1.29 is 18.7 Å². The molecule has 136 valence electrons. The molecule has 0 saturated heterocycles. The highest BCUT2D eigenvalue weighted by atomic mass is 16.5. The summed E-state index contributed by atoms with van der Waals surface area (Å²) in [5, 5.41) is 6.51. The summed E-state index contributed by atoms with van der Waals surface area (Å²) >= 11 is 0. The Labute approximate surface area is 147 Å². The summed E-state index contributed by atoms with van der Waals surface area (Å²) < 4.78 is 11.5. The van der Waals surface area contributed by atoms with Crippen LogP contribution in [0.3, 0.4) is 0 Å². The van der Waals surface area contributed by atoms with Crippen molar-refractivity contribution >= 4 is 22.8 Å². The van der Waals surface area contributed by atoms with Gasteiger partial charge >= 0.3 is 0 Å². The van der Waals surface area contributed by atoms with E-state index in [9.17, 15) is 9.59 Å². The Kier molecular flexibility index (Phi) is 6.07. The maximum absolute atomic E-state index is 12.5. The fraction of sp³-hybridized carbons (Fsp3) is 0.474. The minimum absolute atomic E-state index is 0.0173. The molecule has 0 aliphatic carbocycles. The Morgan fingerprint density at radius 3 is 2.52 bits per heavy atom. The summed E-state index contributed by atoms with van der Waals surface area (Å²) in [6.07, 6.45) is 0. The molecule has 6 nitrogen and oxygen atoms in total. The van der Waals surface area contributed by atoms with Gasteiger partial charge in [-0.1, -0.05) is 26.0 Å². The van der Waals surface area contributed by atoms with Gasteiger partial charge in [-0.3, -0.25) is 9.59 Å². The van der Waals surface area contributed by atoms with Crippen LogP contribution in [0.15, 0.2) is 28.7 Å². The molecule has 1 aromatic carbocycles. The van der Waals surface area contributed by atoms with E-state index in [-0.39, 0.29) is 23.8 Å². The molecule has 1 aromatic heterocycles. The lowest BCUT2D eigenvalue weighted by molar-refractivity contribution is -0.129. The number of carbonyl (C=O) groups excluding carboxylic acids is 2. The van der Waals surface area contributed by atoms with Crippen LogP contribution in [-0.2, 0) is 9.59 Å². The van der Waals surface area contributed by atoms with Gasteiger partial charge in [0, 0.05) is 12.3 Å². The van der Waals surface area contributed by atoms with Gasteiger partial charge in [-0.05, 0) is 31.9 Å². The van der Waals surface area contributed by atoms with Crippen LogP contribution in [0.5, 0.6) is 5.75 Å². The van der Waals surface area contributed by atoms with Gasteiger partial charge in [0.15, 0.2) is 11.3 Å². The van der Waals surface area contributed by atoms with Crippen LogP contribution in [-0.4, -0.2) is 24.5 Å². The molecular weight excluding hydrogens is 320 g/mol. The molecule has 6 heteroatoms. The molecule has 2 atom stereocenters. The number of fused-ring (bicyclic) bond motifs is 1. The minimum Gasteiger partial charge on any atom is -0.490 e. The second-order valence-corrected chi connectivity index (χ2v) is 6.41. The summed E-state index contributed by atoms with van der Waals surface area (Å²) in [6, 6.07) is 6.68. The molecule has 0 aliphatic rings. The lowest BCUT2D eigenvalue weighted by Crippen LogP contribution is -2.49. The molecule has 1 heterocycles. The molecule has 2 aromatic rings. The second-order valence-electron chi connectivity index (χ2n) is 6.41. The number of carbonyl (C=O) groups is 2. The van der Waals surface area contributed by atoms with E-state index < -0.39 is 6.04 Å². The zero-order valence-electron chi connectivity index (χ0n) is 15.4. The largest absolute Gasteiger partial charge is 0.490 e. The predicted molar refractivity (Wildman–Crippen MR) is 96.4 cm³/mol. The van der Waals surface area contributed by atoms with Crippen LogP contribution in [0.4, 0.5) is 0 Å². The zero-order chi connectivity index (χ0) is 18.6. The number of hydrogen-bond donors (Lipinski definition) is 2. The lowest BCUT2D eigenvalue weighted by atomic mass is 10.0. The third kappa shape index (κ3) is 4.53. The Morgan fingerprint density at radius 2 is 1.92 bits per heavy atom. The summed E-state index contributed by atoms with van der Waals surface area (Å²) in [4.78, 5) is 23.8. The van der Waals surface area contributed by atoms with E-state index in [1.807, 2.05) is 52.0 Å². The molecule has 0 aliphatic heterocycles. The highest BCUT2D eigenvalue weighted by molar-refractivity contribution is 5.87. The number of rotatable bonds is 7. The molecule has 0 saturated carbocycles. The van der Waals surface area contributed by atoms with E-state index in [4.69, 9.17) is 9.15 Å². The first-order valence-electron chi connectivity index (χ1n) is 8.56. The van der Waals surface area contributed by atoms with Crippen molar-refractivity contribution in [3.05, 3.63) is 30.0 Å². The van der Waals surface area contributed by atoms with Crippen molar-refractivity contribution in [2.75, 3.05) is 6.61 Å². The van der Waals surface area contributed by atoms with Crippen LogP contribution in [0.1, 0.15) is 46.4 Å². The fourth-order valence-corrected chi connectivity index (χ4v) is 2.67. The van der Waals surface area contributed by atoms with Crippen molar-refractivity contribution in [3.8, 4) is 5.75 Å². The number of nitrogens with one attached hydrogen (secondary N) is 2. The molecule has 2 N–H and O–H groups in total. The van der Waals surface area contributed by atoms with Gasteiger partial charge in [0.25, 0.3) is 0 Å². The van der Waals surface area contributed by atoms with Crippen molar-refractivity contribution in [1.29, 1.82) is 0 Å². The van der Waals surface area contributed by atoms with Crippen molar-refractivity contribution in [2.24, 2.45) is 5.92 Å². The van der Waals surface area contributed by atoms with Crippen molar-refractivity contribution in [2.45, 2.75) is 46.7 Å². The number of benzene rings is 1. The van der Waals surface area contributed by atoms with Crippen LogP contribution < -0.4 is 15.4 Å². The fourth-order valence-electron chi connectivity index (χ4n) is 2.67. The van der Waals surface area contributed by atoms with Crippen molar-refractivity contribution in [1.82, 2.24) is 10.6 Å². The summed E-state index contributed by atoms with van der Waals surface area (Å²) in [7, 11) is 0. The third-order valence-electron chi connectivity index (χ3n) is 3.92. The van der Waals surface area contributed by atoms with E-state index in [2.05, 4.69) is 10.6 Å². The van der Waals surface area contributed by atoms with Gasteiger partial charge < -0.3 is 19.8 Å². The van der Waals surface area contributed by atoms with Crippen LogP contribution in [0, 0.1) is 5.92 Å². The molecule has 0 spiro atoms. The van der Waals surface area contributed by atoms with Crippen LogP contribution in [0.2, 0.25) is 0 Å².